The second-order valence-electron chi connectivity index (χ2n) is 6.01. The topological polar surface area (TPSA) is 70.9 Å². The lowest BCUT2D eigenvalue weighted by Crippen LogP contribution is -2.19. The van der Waals surface area contributed by atoms with Crippen LogP contribution in [0, 0.1) is 0 Å². The van der Waals surface area contributed by atoms with Gasteiger partial charge in [0.05, 0.1) is 27.2 Å². The van der Waals surface area contributed by atoms with Crippen molar-refractivity contribution < 1.29 is 14.6 Å². The monoisotopic (exact) mass is 448 g/mol. The number of benzene rings is 2. The van der Waals surface area contributed by atoms with Crippen LogP contribution in [0.3, 0.4) is 0 Å². The number of nitrogens with zero attached hydrogens (tertiary/aromatic N) is 1. The highest BCUT2D eigenvalue weighted by Gasteiger charge is 2.24. The average molecular weight is 449 g/mol. The molecule has 1 aliphatic heterocycles. The second-order valence-corrected chi connectivity index (χ2v) is 7.82. The van der Waals surface area contributed by atoms with Crippen molar-refractivity contribution in [2.75, 3.05) is 6.61 Å². The maximum absolute atomic E-state index is 12.4. The molecule has 0 aromatic heterocycles. The van der Waals surface area contributed by atoms with E-state index in [1.165, 1.54) is 11.8 Å². The van der Waals surface area contributed by atoms with E-state index in [0.717, 1.165) is 5.56 Å². The largest absolute Gasteiger partial charge is 0.504 e. The molecule has 150 valence electrons. The molecule has 1 aliphatic rings. The number of carbonyl (C=O) groups excluding carboxylic acids is 1. The molecule has 1 saturated heterocycles. The molecular formula is C21H18Cl2N2O3S. The van der Waals surface area contributed by atoms with Gasteiger partial charge in [-0.2, -0.15) is 0 Å². The first-order valence-electron chi connectivity index (χ1n) is 8.76. The van der Waals surface area contributed by atoms with Crippen LogP contribution >= 0.6 is 35.0 Å². The molecule has 3 rings (SSSR count). The summed E-state index contributed by atoms with van der Waals surface area (Å²) < 4.78 is 5.51. The smallest absolute Gasteiger partial charge is 0.264 e. The Morgan fingerprint density at radius 2 is 2.14 bits per heavy atom. The average Bonchev–Trinajstić information content (AvgIpc) is 3.02. The Balaban J connectivity index is 1.93. The maximum Gasteiger partial charge on any atom is 0.264 e. The first-order valence-corrected chi connectivity index (χ1v) is 10.3. The normalized spacial score (nSPS) is 16.3. The molecule has 5 nitrogen and oxygen atoms in total. The van der Waals surface area contributed by atoms with Crippen molar-refractivity contribution in [2.24, 2.45) is 4.99 Å². The first-order chi connectivity index (χ1) is 13.9. The van der Waals surface area contributed by atoms with Crippen molar-refractivity contribution in [3.8, 4) is 11.5 Å². The van der Waals surface area contributed by atoms with Gasteiger partial charge in [0.15, 0.2) is 16.7 Å². The van der Waals surface area contributed by atoms with E-state index in [2.05, 4.69) is 16.9 Å². The fourth-order valence-corrected chi connectivity index (χ4v) is 3.84. The van der Waals surface area contributed by atoms with Gasteiger partial charge in [-0.3, -0.25) is 4.79 Å². The zero-order valence-electron chi connectivity index (χ0n) is 15.5. The summed E-state index contributed by atoms with van der Waals surface area (Å²) in [5, 5.41) is 14.2. The predicted octanol–water partition coefficient (Wildman–Crippen LogP) is 5.72. The van der Waals surface area contributed by atoms with Crippen molar-refractivity contribution in [1.29, 1.82) is 0 Å². The molecule has 0 spiro atoms. The molecule has 29 heavy (non-hydrogen) atoms. The number of allylic oxidation sites excluding steroid dienone is 1. The van der Waals surface area contributed by atoms with E-state index in [4.69, 9.17) is 27.9 Å². The molecule has 1 amide bonds. The van der Waals surface area contributed by atoms with Crippen LogP contribution in [0.15, 0.2) is 52.9 Å². The van der Waals surface area contributed by atoms with Gasteiger partial charge in [-0.25, -0.2) is 4.99 Å². The quantitative estimate of drug-likeness (QED) is 0.437. The number of phenols is 1. The van der Waals surface area contributed by atoms with Crippen LogP contribution < -0.4 is 10.1 Å². The second kappa shape index (κ2) is 9.39. The Hall–Kier alpha value is -2.41. The molecule has 0 radical (unpaired) electrons. The number of thioether (sulfide) groups is 1. The Labute approximate surface area is 183 Å². The van der Waals surface area contributed by atoms with Gasteiger partial charge in [0.2, 0.25) is 0 Å². The zero-order valence-corrected chi connectivity index (χ0v) is 17.9. The SMILES string of the molecule is C=CCc1cc(/C=C2\SC(=Nc3cccc(Cl)c3Cl)NC2=O)cc(OCC)c1O. The molecule has 8 heteroatoms. The predicted molar refractivity (Wildman–Crippen MR) is 120 cm³/mol. The minimum Gasteiger partial charge on any atom is -0.504 e. The third-order valence-corrected chi connectivity index (χ3v) is 5.66. The molecular weight excluding hydrogens is 431 g/mol. The van der Waals surface area contributed by atoms with E-state index >= 15 is 0 Å². The number of amides is 1. The number of amidine groups is 1. The van der Waals surface area contributed by atoms with Crippen molar-refractivity contribution in [3.05, 3.63) is 69.1 Å². The third-order valence-electron chi connectivity index (χ3n) is 3.94. The third kappa shape index (κ3) is 4.96. The first kappa shape index (κ1) is 21.3. The van der Waals surface area contributed by atoms with Gasteiger partial charge in [-0.1, -0.05) is 35.3 Å². The molecule has 1 heterocycles. The summed E-state index contributed by atoms with van der Waals surface area (Å²) >= 11 is 13.4. The highest BCUT2D eigenvalue weighted by molar-refractivity contribution is 8.18. The summed E-state index contributed by atoms with van der Waals surface area (Å²) in [5.74, 6) is 0.167. The molecule has 2 aromatic carbocycles. The van der Waals surface area contributed by atoms with Crippen LogP contribution in [-0.4, -0.2) is 22.8 Å². The lowest BCUT2D eigenvalue weighted by Gasteiger charge is -2.11. The molecule has 0 aliphatic carbocycles. The minimum atomic E-state index is -0.275. The Bertz CT molecular complexity index is 1030. The van der Waals surface area contributed by atoms with Crippen LogP contribution in [0.1, 0.15) is 18.1 Å². The number of halogens is 2. The van der Waals surface area contributed by atoms with Crippen LogP contribution in [-0.2, 0) is 11.2 Å². The van der Waals surface area contributed by atoms with Gasteiger partial charge in [0.25, 0.3) is 5.91 Å². The molecule has 1 fully saturated rings. The number of ether oxygens (including phenoxy) is 1. The molecule has 0 saturated carbocycles. The Morgan fingerprint density at radius 1 is 1.34 bits per heavy atom. The summed E-state index contributed by atoms with van der Waals surface area (Å²) in [6.45, 7) is 5.95. The van der Waals surface area contributed by atoms with Crippen molar-refractivity contribution in [3.63, 3.8) is 0 Å². The van der Waals surface area contributed by atoms with E-state index in [-0.39, 0.29) is 11.7 Å². The van der Waals surface area contributed by atoms with E-state index < -0.39 is 0 Å². The van der Waals surface area contributed by atoms with E-state index in [1.807, 2.05) is 6.92 Å². The Kier molecular flexibility index (Phi) is 6.90. The van der Waals surface area contributed by atoms with Gasteiger partial charge in [0, 0.05) is 5.56 Å². The number of aliphatic imine (C=N–C) groups is 1. The molecule has 2 N–H and O–H groups in total. The van der Waals surface area contributed by atoms with Crippen LogP contribution in [0.25, 0.3) is 6.08 Å². The number of phenolic OH excluding ortho intramolecular Hbond substituents is 1. The van der Waals surface area contributed by atoms with Gasteiger partial charge in [0.1, 0.15) is 0 Å². The maximum atomic E-state index is 12.4. The van der Waals surface area contributed by atoms with Gasteiger partial charge >= 0.3 is 0 Å². The van der Waals surface area contributed by atoms with Gasteiger partial charge in [-0.05, 0) is 61.0 Å². The lowest BCUT2D eigenvalue weighted by molar-refractivity contribution is -0.115. The number of hydrogen-bond donors (Lipinski definition) is 2. The van der Waals surface area contributed by atoms with E-state index in [0.29, 0.717) is 50.1 Å². The molecule has 0 bridgehead atoms. The highest BCUT2D eigenvalue weighted by atomic mass is 35.5. The summed E-state index contributed by atoms with van der Waals surface area (Å²) in [6, 6.07) is 8.60. The highest BCUT2D eigenvalue weighted by Crippen LogP contribution is 2.36. The summed E-state index contributed by atoms with van der Waals surface area (Å²) in [4.78, 5) is 17.2. The molecule has 2 aromatic rings. The van der Waals surface area contributed by atoms with E-state index in [1.54, 1.807) is 42.5 Å². The number of hydrogen-bond acceptors (Lipinski definition) is 5. The van der Waals surface area contributed by atoms with E-state index in [9.17, 15) is 9.90 Å². The number of aromatic hydroxyl groups is 1. The van der Waals surface area contributed by atoms with Crippen molar-refractivity contribution in [2.45, 2.75) is 13.3 Å². The Morgan fingerprint density at radius 3 is 2.86 bits per heavy atom. The van der Waals surface area contributed by atoms with Crippen LogP contribution in [0.5, 0.6) is 11.5 Å². The number of nitrogens with one attached hydrogen (secondary N) is 1. The molecule has 0 unspecified atom stereocenters. The molecule has 0 atom stereocenters. The fraction of sp³-hybridized carbons (Fsp3) is 0.143. The lowest BCUT2D eigenvalue weighted by atomic mass is 10.1. The zero-order chi connectivity index (χ0) is 21.0. The van der Waals surface area contributed by atoms with Gasteiger partial charge in [-0.15, -0.1) is 6.58 Å². The summed E-state index contributed by atoms with van der Waals surface area (Å²) in [7, 11) is 0. The van der Waals surface area contributed by atoms with Gasteiger partial charge < -0.3 is 15.2 Å². The number of carbonyl (C=O) groups is 1. The summed E-state index contributed by atoms with van der Waals surface area (Å²) in [5.41, 5.74) is 1.86. The fourth-order valence-electron chi connectivity index (χ4n) is 2.67. The van der Waals surface area contributed by atoms with Crippen LogP contribution in [0.2, 0.25) is 10.0 Å². The van der Waals surface area contributed by atoms with Crippen molar-refractivity contribution in [1.82, 2.24) is 5.32 Å². The summed E-state index contributed by atoms with van der Waals surface area (Å²) in [6.07, 6.45) is 3.89. The number of rotatable bonds is 6. The van der Waals surface area contributed by atoms with Crippen LogP contribution in [0.4, 0.5) is 5.69 Å². The van der Waals surface area contributed by atoms with Crippen molar-refractivity contribution >= 4 is 57.8 Å². The standard InChI is InChI=1S/C21H18Cl2N2O3S/c1-3-6-13-9-12(10-16(19(13)26)28-4-2)11-17-20(27)25-21(29-17)24-15-8-5-7-14(22)18(15)23/h3,5,7-11,26H,1,4,6H2,2H3,(H,24,25,27)/b17-11-. The minimum absolute atomic E-state index is 0.0790.